The molecule has 0 amide bonds. The highest BCUT2D eigenvalue weighted by atomic mass is 15.1. The van der Waals surface area contributed by atoms with Gasteiger partial charge in [0, 0.05) is 19.7 Å². The third-order valence-corrected chi connectivity index (χ3v) is 2.81. The van der Waals surface area contributed by atoms with E-state index in [0.717, 1.165) is 23.4 Å². The molecule has 0 N–H and O–H groups in total. The number of imidazole rings is 1. The van der Waals surface area contributed by atoms with Crippen molar-refractivity contribution in [1.82, 2.24) is 14.5 Å². The first-order chi connectivity index (χ1) is 7.24. The Kier molecular flexibility index (Phi) is 2.71. The highest BCUT2D eigenvalue weighted by Gasteiger charge is 2.09. The molecular weight excluding hydrogens is 186 g/mol. The average Bonchev–Trinajstić information content (AvgIpc) is 2.55. The Morgan fingerprint density at radius 1 is 1.40 bits per heavy atom. The SMILES string of the molecule is CCCCc1nc2c(C)ccnc2n1C. The summed E-state index contributed by atoms with van der Waals surface area (Å²) in [4.78, 5) is 9.02. The Morgan fingerprint density at radius 3 is 2.87 bits per heavy atom. The molecule has 3 heteroatoms. The summed E-state index contributed by atoms with van der Waals surface area (Å²) >= 11 is 0. The molecule has 0 unspecified atom stereocenters. The number of fused-ring (bicyclic) bond motifs is 1. The van der Waals surface area contributed by atoms with Crippen molar-refractivity contribution in [2.75, 3.05) is 0 Å². The summed E-state index contributed by atoms with van der Waals surface area (Å²) < 4.78 is 2.11. The monoisotopic (exact) mass is 203 g/mol. The highest BCUT2D eigenvalue weighted by Crippen LogP contribution is 2.17. The van der Waals surface area contributed by atoms with Crippen LogP contribution in [-0.2, 0) is 13.5 Å². The summed E-state index contributed by atoms with van der Waals surface area (Å²) in [6, 6.07) is 2.01. The van der Waals surface area contributed by atoms with E-state index in [1.807, 2.05) is 19.3 Å². The van der Waals surface area contributed by atoms with Crippen molar-refractivity contribution in [3.63, 3.8) is 0 Å². The van der Waals surface area contributed by atoms with Crippen LogP contribution in [0.4, 0.5) is 0 Å². The van der Waals surface area contributed by atoms with Crippen molar-refractivity contribution in [1.29, 1.82) is 0 Å². The molecule has 0 aliphatic heterocycles. The van der Waals surface area contributed by atoms with E-state index < -0.39 is 0 Å². The molecule has 0 aromatic carbocycles. The molecule has 2 aromatic heterocycles. The maximum absolute atomic E-state index is 4.65. The molecule has 15 heavy (non-hydrogen) atoms. The Morgan fingerprint density at radius 2 is 2.20 bits per heavy atom. The zero-order valence-corrected chi connectivity index (χ0v) is 9.62. The Balaban J connectivity index is 2.49. The van der Waals surface area contributed by atoms with E-state index in [-0.39, 0.29) is 0 Å². The lowest BCUT2D eigenvalue weighted by Crippen LogP contribution is -1.98. The Labute approximate surface area is 90.2 Å². The van der Waals surface area contributed by atoms with Gasteiger partial charge in [-0.15, -0.1) is 0 Å². The summed E-state index contributed by atoms with van der Waals surface area (Å²) in [6.45, 7) is 4.28. The molecule has 0 spiro atoms. The van der Waals surface area contributed by atoms with E-state index in [4.69, 9.17) is 0 Å². The number of hydrogen-bond donors (Lipinski definition) is 0. The lowest BCUT2D eigenvalue weighted by atomic mass is 10.2. The van der Waals surface area contributed by atoms with E-state index >= 15 is 0 Å². The van der Waals surface area contributed by atoms with Gasteiger partial charge in [0.25, 0.3) is 0 Å². The van der Waals surface area contributed by atoms with Gasteiger partial charge in [-0.2, -0.15) is 0 Å². The highest BCUT2D eigenvalue weighted by molar-refractivity contribution is 5.75. The minimum absolute atomic E-state index is 1.00. The van der Waals surface area contributed by atoms with Crippen molar-refractivity contribution in [2.24, 2.45) is 7.05 Å². The van der Waals surface area contributed by atoms with Gasteiger partial charge in [-0.25, -0.2) is 9.97 Å². The fourth-order valence-electron chi connectivity index (χ4n) is 1.80. The fourth-order valence-corrected chi connectivity index (χ4v) is 1.80. The quantitative estimate of drug-likeness (QED) is 0.767. The van der Waals surface area contributed by atoms with Gasteiger partial charge in [-0.05, 0) is 25.0 Å². The van der Waals surface area contributed by atoms with Gasteiger partial charge in [-0.1, -0.05) is 13.3 Å². The van der Waals surface area contributed by atoms with Gasteiger partial charge < -0.3 is 4.57 Å². The molecule has 0 bridgehead atoms. The fraction of sp³-hybridized carbons (Fsp3) is 0.500. The molecule has 0 aliphatic rings. The second kappa shape index (κ2) is 4.01. The van der Waals surface area contributed by atoms with Gasteiger partial charge in [0.1, 0.15) is 11.3 Å². The molecular formula is C12H17N3. The molecule has 2 rings (SSSR count). The first-order valence-corrected chi connectivity index (χ1v) is 5.51. The lowest BCUT2D eigenvalue weighted by Gasteiger charge is -1.99. The smallest absolute Gasteiger partial charge is 0.159 e. The van der Waals surface area contributed by atoms with Crippen LogP contribution in [0, 0.1) is 6.92 Å². The molecule has 3 nitrogen and oxygen atoms in total. The van der Waals surface area contributed by atoms with E-state index in [0.29, 0.717) is 0 Å². The Hall–Kier alpha value is -1.38. The predicted molar refractivity (Wildman–Crippen MR) is 61.9 cm³/mol. The molecule has 0 atom stereocenters. The van der Waals surface area contributed by atoms with Crippen molar-refractivity contribution >= 4 is 11.2 Å². The van der Waals surface area contributed by atoms with Gasteiger partial charge in [0.15, 0.2) is 5.65 Å². The predicted octanol–water partition coefficient (Wildman–Crippen LogP) is 2.62. The zero-order valence-electron chi connectivity index (χ0n) is 9.62. The number of rotatable bonds is 3. The topological polar surface area (TPSA) is 30.7 Å². The number of pyridine rings is 1. The van der Waals surface area contributed by atoms with Crippen molar-refractivity contribution in [3.8, 4) is 0 Å². The molecule has 0 radical (unpaired) electrons. The van der Waals surface area contributed by atoms with Crippen LogP contribution < -0.4 is 0 Å². The van der Waals surface area contributed by atoms with Gasteiger partial charge in [-0.3, -0.25) is 0 Å². The first-order valence-electron chi connectivity index (χ1n) is 5.51. The van der Waals surface area contributed by atoms with Crippen LogP contribution in [0.3, 0.4) is 0 Å². The van der Waals surface area contributed by atoms with Gasteiger partial charge in [0.05, 0.1) is 0 Å². The van der Waals surface area contributed by atoms with Crippen LogP contribution in [0.1, 0.15) is 31.2 Å². The third-order valence-electron chi connectivity index (χ3n) is 2.81. The van der Waals surface area contributed by atoms with Crippen LogP contribution in [0.5, 0.6) is 0 Å². The molecule has 0 saturated heterocycles. The number of aromatic nitrogens is 3. The Bertz CT molecular complexity index is 471. The number of unbranched alkanes of at least 4 members (excludes halogenated alkanes) is 1. The second-order valence-electron chi connectivity index (χ2n) is 3.99. The second-order valence-corrected chi connectivity index (χ2v) is 3.99. The minimum atomic E-state index is 1.00. The maximum atomic E-state index is 4.65. The van der Waals surface area contributed by atoms with E-state index in [1.54, 1.807) is 0 Å². The van der Waals surface area contributed by atoms with Crippen molar-refractivity contribution in [3.05, 3.63) is 23.7 Å². The van der Waals surface area contributed by atoms with Gasteiger partial charge in [0.2, 0.25) is 0 Å². The summed E-state index contributed by atoms with van der Waals surface area (Å²) in [6.07, 6.45) is 5.29. The summed E-state index contributed by atoms with van der Waals surface area (Å²) in [5, 5.41) is 0. The first kappa shape index (κ1) is 10.1. The number of nitrogens with zero attached hydrogens (tertiary/aromatic N) is 3. The molecule has 0 saturated carbocycles. The average molecular weight is 203 g/mol. The number of hydrogen-bond acceptors (Lipinski definition) is 2. The van der Waals surface area contributed by atoms with Crippen LogP contribution in [0.2, 0.25) is 0 Å². The number of aryl methyl sites for hydroxylation is 3. The standard InChI is InChI=1S/C12H17N3/c1-4-5-6-10-14-11-9(2)7-8-13-12(11)15(10)3/h7-8H,4-6H2,1-3H3. The van der Waals surface area contributed by atoms with Crippen LogP contribution in [0.15, 0.2) is 12.3 Å². The minimum Gasteiger partial charge on any atom is -0.316 e. The molecule has 2 aromatic rings. The van der Waals surface area contributed by atoms with Crippen LogP contribution in [-0.4, -0.2) is 14.5 Å². The molecule has 0 fully saturated rings. The maximum Gasteiger partial charge on any atom is 0.159 e. The van der Waals surface area contributed by atoms with Crippen molar-refractivity contribution < 1.29 is 0 Å². The van der Waals surface area contributed by atoms with Crippen LogP contribution in [0.25, 0.3) is 11.2 Å². The summed E-state index contributed by atoms with van der Waals surface area (Å²) in [5.41, 5.74) is 3.26. The molecule has 0 aliphatic carbocycles. The van der Waals surface area contributed by atoms with E-state index in [1.165, 1.54) is 18.4 Å². The van der Waals surface area contributed by atoms with E-state index in [2.05, 4.69) is 28.4 Å². The van der Waals surface area contributed by atoms with E-state index in [9.17, 15) is 0 Å². The molecule has 2 heterocycles. The summed E-state index contributed by atoms with van der Waals surface area (Å²) in [5.74, 6) is 1.15. The van der Waals surface area contributed by atoms with Crippen LogP contribution >= 0.6 is 0 Å². The molecule has 80 valence electrons. The zero-order chi connectivity index (χ0) is 10.8. The van der Waals surface area contributed by atoms with Crippen molar-refractivity contribution in [2.45, 2.75) is 33.1 Å². The third kappa shape index (κ3) is 1.74. The lowest BCUT2D eigenvalue weighted by molar-refractivity contribution is 0.718. The van der Waals surface area contributed by atoms with Gasteiger partial charge >= 0.3 is 0 Å². The largest absolute Gasteiger partial charge is 0.316 e. The normalized spacial score (nSPS) is 11.1. The summed E-state index contributed by atoms with van der Waals surface area (Å²) in [7, 11) is 2.05.